The normalized spacial score (nSPS) is 10.8. The second-order valence-electron chi connectivity index (χ2n) is 5.79. The maximum absolute atomic E-state index is 12.3. The molecule has 0 aliphatic carbocycles. The van der Waals surface area contributed by atoms with Crippen molar-refractivity contribution in [3.05, 3.63) is 66.0 Å². The van der Waals surface area contributed by atoms with Gasteiger partial charge in [-0.1, -0.05) is 18.2 Å². The fourth-order valence-electron chi connectivity index (χ4n) is 2.86. The number of nitrogens with one attached hydrogen (secondary N) is 4. The number of fused-ring (bicyclic) bond motifs is 2. The molecule has 130 valence electrons. The summed E-state index contributed by atoms with van der Waals surface area (Å²) in [5, 5.41) is 1.66. The number of carbonyl (C=O) groups excluding carboxylic acids is 2. The van der Waals surface area contributed by atoms with Crippen LogP contribution >= 0.6 is 0 Å². The molecule has 2 aromatic carbocycles. The summed E-state index contributed by atoms with van der Waals surface area (Å²) < 4.78 is 5.17. The second kappa shape index (κ2) is 6.29. The molecule has 2 aromatic heterocycles. The minimum absolute atomic E-state index is 0.340. The van der Waals surface area contributed by atoms with Crippen molar-refractivity contribution in [3.8, 4) is 5.75 Å². The molecule has 2 heterocycles. The summed E-state index contributed by atoms with van der Waals surface area (Å²) >= 11 is 0. The van der Waals surface area contributed by atoms with Crippen LogP contribution in [0.1, 0.15) is 20.8 Å². The first kappa shape index (κ1) is 15.8. The van der Waals surface area contributed by atoms with Gasteiger partial charge in [0.25, 0.3) is 11.8 Å². The van der Waals surface area contributed by atoms with Gasteiger partial charge in [0.2, 0.25) is 0 Å². The minimum atomic E-state index is -0.437. The zero-order valence-electron chi connectivity index (χ0n) is 13.9. The van der Waals surface area contributed by atoms with E-state index in [1.807, 2.05) is 36.4 Å². The summed E-state index contributed by atoms with van der Waals surface area (Å²) in [7, 11) is 1.58. The highest BCUT2D eigenvalue weighted by atomic mass is 16.5. The lowest BCUT2D eigenvalue weighted by Crippen LogP contribution is -2.41. The largest absolute Gasteiger partial charge is 0.497 e. The molecule has 7 heteroatoms. The van der Waals surface area contributed by atoms with Crippen molar-refractivity contribution in [1.82, 2.24) is 20.8 Å². The second-order valence-corrected chi connectivity index (χ2v) is 5.79. The smallest absolute Gasteiger partial charge is 0.286 e. The van der Waals surface area contributed by atoms with Crippen molar-refractivity contribution >= 4 is 33.6 Å². The molecule has 0 aliphatic rings. The van der Waals surface area contributed by atoms with E-state index >= 15 is 0 Å². The molecule has 0 fully saturated rings. The summed E-state index contributed by atoms with van der Waals surface area (Å²) in [4.78, 5) is 30.7. The molecule has 0 radical (unpaired) electrons. The molecule has 7 nitrogen and oxygen atoms in total. The number of H-pyrrole nitrogens is 2. The Labute approximate surface area is 148 Å². The number of para-hydroxylation sites is 1. The van der Waals surface area contributed by atoms with Crippen molar-refractivity contribution in [2.24, 2.45) is 0 Å². The molecule has 2 amide bonds. The first-order valence-electron chi connectivity index (χ1n) is 7.99. The van der Waals surface area contributed by atoms with Gasteiger partial charge in [-0.15, -0.1) is 0 Å². The van der Waals surface area contributed by atoms with Crippen LogP contribution in [0.2, 0.25) is 0 Å². The molecule has 0 saturated carbocycles. The van der Waals surface area contributed by atoms with Gasteiger partial charge in [0.05, 0.1) is 12.7 Å². The third-order valence-corrected chi connectivity index (χ3v) is 4.20. The monoisotopic (exact) mass is 348 g/mol. The van der Waals surface area contributed by atoms with Crippen LogP contribution in [0.4, 0.5) is 0 Å². The molecule has 0 spiro atoms. The highest BCUT2D eigenvalue weighted by Gasteiger charge is 2.14. The topological polar surface area (TPSA) is 99.0 Å². The highest BCUT2D eigenvalue weighted by molar-refractivity contribution is 6.07. The number of aromatic nitrogens is 2. The van der Waals surface area contributed by atoms with Gasteiger partial charge in [-0.05, 0) is 24.3 Å². The first-order valence-corrected chi connectivity index (χ1v) is 7.99. The Morgan fingerprint density at radius 1 is 0.962 bits per heavy atom. The average Bonchev–Trinajstić information content (AvgIpc) is 3.29. The predicted octanol–water partition coefficient (Wildman–Crippen LogP) is 2.73. The van der Waals surface area contributed by atoms with Crippen molar-refractivity contribution in [3.63, 3.8) is 0 Å². The molecule has 0 bridgehead atoms. The quantitative estimate of drug-likeness (QED) is 0.428. The Bertz CT molecular complexity index is 1130. The third-order valence-electron chi connectivity index (χ3n) is 4.20. The van der Waals surface area contributed by atoms with Gasteiger partial charge in [-0.25, -0.2) is 0 Å². The van der Waals surface area contributed by atoms with Crippen LogP contribution < -0.4 is 15.6 Å². The molecule has 0 aliphatic heterocycles. The third kappa shape index (κ3) is 2.75. The molecule has 0 saturated heterocycles. The Morgan fingerprint density at radius 2 is 1.77 bits per heavy atom. The van der Waals surface area contributed by atoms with E-state index in [1.54, 1.807) is 25.4 Å². The molecular weight excluding hydrogens is 332 g/mol. The first-order chi connectivity index (χ1) is 12.7. The number of ether oxygens (including phenoxy) is 1. The molecular formula is C19H16N4O3. The minimum Gasteiger partial charge on any atom is -0.497 e. The van der Waals surface area contributed by atoms with Gasteiger partial charge in [0, 0.05) is 34.1 Å². The van der Waals surface area contributed by atoms with E-state index in [9.17, 15) is 9.59 Å². The SMILES string of the molecule is COc1ccc2cc(C(=O)NNC(=O)c3c[nH]c4ccccc34)[nH]c2c1. The average molecular weight is 348 g/mol. The lowest BCUT2D eigenvalue weighted by atomic mass is 10.2. The van der Waals surface area contributed by atoms with Crippen LogP contribution in [0.5, 0.6) is 5.75 Å². The maximum atomic E-state index is 12.3. The van der Waals surface area contributed by atoms with Crippen molar-refractivity contribution < 1.29 is 14.3 Å². The fourth-order valence-corrected chi connectivity index (χ4v) is 2.86. The van der Waals surface area contributed by atoms with E-state index in [0.717, 1.165) is 21.8 Å². The molecule has 0 unspecified atom stereocenters. The Balaban J connectivity index is 1.49. The predicted molar refractivity (Wildman–Crippen MR) is 98.1 cm³/mol. The van der Waals surface area contributed by atoms with Gasteiger partial charge in [0.1, 0.15) is 11.4 Å². The van der Waals surface area contributed by atoms with E-state index in [4.69, 9.17) is 4.74 Å². The standard InChI is InChI=1S/C19H16N4O3/c1-26-12-7-6-11-8-17(21-16(11)9-12)19(25)23-22-18(24)14-10-20-15-5-3-2-4-13(14)15/h2-10,20-21H,1H3,(H,22,24)(H,23,25). The zero-order chi connectivity index (χ0) is 18.1. The number of carbonyl (C=O) groups is 2. The number of methoxy groups -OCH3 is 1. The van der Waals surface area contributed by atoms with Gasteiger partial charge < -0.3 is 14.7 Å². The zero-order valence-corrected chi connectivity index (χ0v) is 13.9. The van der Waals surface area contributed by atoms with E-state index < -0.39 is 11.8 Å². The fraction of sp³-hybridized carbons (Fsp3) is 0.0526. The Hall–Kier alpha value is -3.74. The Kier molecular flexibility index (Phi) is 3.81. The molecule has 0 atom stereocenters. The van der Waals surface area contributed by atoms with E-state index in [-0.39, 0.29) is 0 Å². The van der Waals surface area contributed by atoms with Crippen LogP contribution in [0.3, 0.4) is 0 Å². The number of aromatic amines is 2. The van der Waals surface area contributed by atoms with Gasteiger partial charge in [-0.3, -0.25) is 20.4 Å². The molecule has 4 aromatic rings. The van der Waals surface area contributed by atoms with Crippen LogP contribution in [-0.2, 0) is 0 Å². The summed E-state index contributed by atoms with van der Waals surface area (Å²) in [5.41, 5.74) is 7.30. The van der Waals surface area contributed by atoms with Crippen LogP contribution in [-0.4, -0.2) is 28.9 Å². The van der Waals surface area contributed by atoms with Crippen molar-refractivity contribution in [1.29, 1.82) is 0 Å². The van der Waals surface area contributed by atoms with Crippen LogP contribution in [0, 0.1) is 0 Å². The number of benzene rings is 2. The van der Waals surface area contributed by atoms with E-state index in [1.165, 1.54) is 0 Å². The van der Waals surface area contributed by atoms with E-state index in [2.05, 4.69) is 20.8 Å². The van der Waals surface area contributed by atoms with Crippen molar-refractivity contribution in [2.45, 2.75) is 0 Å². The van der Waals surface area contributed by atoms with Crippen LogP contribution in [0.15, 0.2) is 54.7 Å². The lowest BCUT2D eigenvalue weighted by molar-refractivity contribution is 0.0845. The number of hydrogen-bond acceptors (Lipinski definition) is 3. The van der Waals surface area contributed by atoms with Crippen LogP contribution in [0.25, 0.3) is 21.8 Å². The number of hydrogen-bond donors (Lipinski definition) is 4. The maximum Gasteiger partial charge on any atom is 0.286 e. The summed E-state index contributed by atoms with van der Waals surface area (Å²) in [6.45, 7) is 0. The van der Waals surface area contributed by atoms with Gasteiger partial charge in [0.15, 0.2) is 0 Å². The Morgan fingerprint density at radius 3 is 2.62 bits per heavy atom. The summed E-state index contributed by atoms with van der Waals surface area (Å²) in [6, 6.07) is 14.6. The molecule has 26 heavy (non-hydrogen) atoms. The van der Waals surface area contributed by atoms with Crippen molar-refractivity contribution in [2.75, 3.05) is 7.11 Å². The van der Waals surface area contributed by atoms with Gasteiger partial charge >= 0.3 is 0 Å². The molecule has 4 N–H and O–H groups in total. The number of rotatable bonds is 3. The number of amides is 2. The molecule has 4 rings (SSSR count). The van der Waals surface area contributed by atoms with E-state index in [0.29, 0.717) is 17.0 Å². The van der Waals surface area contributed by atoms with Gasteiger partial charge in [-0.2, -0.15) is 0 Å². The highest BCUT2D eigenvalue weighted by Crippen LogP contribution is 2.21. The summed E-state index contributed by atoms with van der Waals surface area (Å²) in [6.07, 6.45) is 1.61. The number of hydrazine groups is 1. The lowest BCUT2D eigenvalue weighted by Gasteiger charge is -2.05. The summed E-state index contributed by atoms with van der Waals surface area (Å²) in [5.74, 6) is -0.138.